The number of carbonyl (C=O) groups excluding carboxylic acids is 1. The van der Waals surface area contributed by atoms with Gasteiger partial charge in [0, 0.05) is 21.1 Å². The van der Waals surface area contributed by atoms with E-state index < -0.39 is 0 Å². The Labute approximate surface area is 160 Å². The van der Waals surface area contributed by atoms with Crippen LogP contribution in [0.1, 0.15) is 34.5 Å². The largest absolute Gasteiger partial charge is 0.497 e. The third-order valence-electron chi connectivity index (χ3n) is 4.79. The molecular weight excluding hydrogens is 392 g/mol. The number of methoxy groups -OCH3 is 1. The highest BCUT2D eigenvalue weighted by molar-refractivity contribution is 9.10. The van der Waals surface area contributed by atoms with Gasteiger partial charge in [0.15, 0.2) is 0 Å². The number of rotatable bonds is 3. The summed E-state index contributed by atoms with van der Waals surface area (Å²) < 4.78 is 6.26. The fourth-order valence-electron chi connectivity index (χ4n) is 3.49. The third-order valence-corrected chi connectivity index (χ3v) is 5.29. The van der Waals surface area contributed by atoms with Gasteiger partial charge >= 0.3 is 0 Å². The molecule has 1 aliphatic rings. The molecule has 3 aromatic rings. The molecular formula is C21H19BrN2O2. The van der Waals surface area contributed by atoms with Gasteiger partial charge < -0.3 is 10.1 Å². The van der Waals surface area contributed by atoms with Crippen molar-refractivity contribution in [1.82, 2.24) is 4.98 Å². The van der Waals surface area contributed by atoms with Crippen LogP contribution >= 0.6 is 15.9 Å². The summed E-state index contributed by atoms with van der Waals surface area (Å²) in [5.41, 5.74) is 4.63. The molecule has 1 aliphatic carbocycles. The zero-order valence-electron chi connectivity index (χ0n) is 14.5. The van der Waals surface area contributed by atoms with Gasteiger partial charge in [-0.1, -0.05) is 22.0 Å². The number of benzene rings is 2. The van der Waals surface area contributed by atoms with E-state index in [0.29, 0.717) is 5.56 Å². The first kappa shape index (κ1) is 17.0. The van der Waals surface area contributed by atoms with Crippen LogP contribution < -0.4 is 10.1 Å². The Balaban J connectivity index is 1.84. The minimum Gasteiger partial charge on any atom is -0.497 e. The van der Waals surface area contributed by atoms with Crippen LogP contribution in [0.4, 0.5) is 5.69 Å². The number of hydrogen-bond acceptors (Lipinski definition) is 3. The summed E-state index contributed by atoms with van der Waals surface area (Å²) in [6.45, 7) is 0. The highest BCUT2D eigenvalue weighted by atomic mass is 79.9. The molecule has 0 bridgehead atoms. The van der Waals surface area contributed by atoms with Crippen molar-refractivity contribution in [3.05, 3.63) is 63.8 Å². The first-order chi connectivity index (χ1) is 12.7. The van der Waals surface area contributed by atoms with Crippen molar-refractivity contribution in [1.29, 1.82) is 0 Å². The second-order valence-electron chi connectivity index (χ2n) is 6.47. The molecule has 1 aromatic heterocycles. The average Bonchev–Trinajstić information content (AvgIpc) is 2.67. The molecule has 1 N–H and O–H groups in total. The van der Waals surface area contributed by atoms with Gasteiger partial charge in [-0.15, -0.1) is 0 Å². The van der Waals surface area contributed by atoms with Crippen molar-refractivity contribution < 1.29 is 9.53 Å². The van der Waals surface area contributed by atoms with Crippen molar-refractivity contribution in [2.24, 2.45) is 0 Å². The van der Waals surface area contributed by atoms with E-state index in [2.05, 4.69) is 21.2 Å². The van der Waals surface area contributed by atoms with Crippen molar-refractivity contribution >= 4 is 38.4 Å². The van der Waals surface area contributed by atoms with Crippen LogP contribution in [0.3, 0.4) is 0 Å². The lowest BCUT2D eigenvalue weighted by atomic mass is 9.92. The molecule has 2 aromatic carbocycles. The van der Waals surface area contributed by atoms with Crippen LogP contribution in [0.15, 0.2) is 46.9 Å². The number of pyridine rings is 1. The predicted molar refractivity (Wildman–Crippen MR) is 107 cm³/mol. The standard InChI is InChI=1S/C21H19BrN2O2/c1-26-15-9-10-19-17(12-15)20(16-7-2-3-8-18(16)23-19)24-21(25)13-5-4-6-14(22)11-13/h4-6,9-12H,2-3,7-8H2,1H3,(H,23,24,25). The maximum atomic E-state index is 12.9. The van der Waals surface area contributed by atoms with E-state index in [4.69, 9.17) is 9.72 Å². The molecule has 26 heavy (non-hydrogen) atoms. The summed E-state index contributed by atoms with van der Waals surface area (Å²) in [5.74, 6) is 0.641. The lowest BCUT2D eigenvalue weighted by molar-refractivity contribution is 0.102. The predicted octanol–water partition coefficient (Wildman–Crippen LogP) is 5.14. The Morgan fingerprint density at radius 3 is 2.81 bits per heavy atom. The number of aryl methyl sites for hydroxylation is 1. The van der Waals surface area contributed by atoms with Gasteiger partial charge in [-0.05, 0) is 67.6 Å². The monoisotopic (exact) mass is 410 g/mol. The number of nitrogens with one attached hydrogen (secondary N) is 1. The van der Waals surface area contributed by atoms with Crippen LogP contribution in [0.5, 0.6) is 5.75 Å². The number of hydrogen-bond donors (Lipinski definition) is 1. The van der Waals surface area contributed by atoms with Gasteiger partial charge in [0.2, 0.25) is 0 Å². The summed E-state index contributed by atoms with van der Waals surface area (Å²) in [6.07, 6.45) is 4.14. The van der Waals surface area contributed by atoms with E-state index >= 15 is 0 Å². The topological polar surface area (TPSA) is 51.2 Å². The van der Waals surface area contributed by atoms with Gasteiger partial charge in [-0.25, -0.2) is 0 Å². The minimum atomic E-state index is -0.116. The van der Waals surface area contributed by atoms with E-state index in [1.165, 1.54) is 0 Å². The number of nitrogens with zero attached hydrogens (tertiary/aromatic N) is 1. The molecule has 1 amide bonds. The SMILES string of the molecule is COc1ccc2nc3c(c(NC(=O)c4cccc(Br)c4)c2c1)CCCC3. The van der Waals surface area contributed by atoms with Crippen molar-refractivity contribution in [2.75, 3.05) is 12.4 Å². The molecule has 132 valence electrons. The average molecular weight is 411 g/mol. The maximum Gasteiger partial charge on any atom is 0.255 e. The van der Waals surface area contributed by atoms with Crippen molar-refractivity contribution in [2.45, 2.75) is 25.7 Å². The molecule has 0 radical (unpaired) electrons. The Bertz CT molecular complexity index is 1000. The molecule has 0 fully saturated rings. The first-order valence-electron chi connectivity index (χ1n) is 8.72. The quantitative estimate of drug-likeness (QED) is 0.650. The van der Waals surface area contributed by atoms with Gasteiger partial charge in [0.25, 0.3) is 5.91 Å². The molecule has 0 spiro atoms. The minimum absolute atomic E-state index is 0.116. The Kier molecular flexibility index (Phi) is 4.64. The van der Waals surface area contributed by atoms with Crippen molar-refractivity contribution in [3.8, 4) is 5.75 Å². The van der Waals surface area contributed by atoms with Gasteiger partial charge in [0.1, 0.15) is 5.75 Å². The maximum absolute atomic E-state index is 12.9. The van der Waals surface area contributed by atoms with E-state index in [0.717, 1.165) is 63.8 Å². The fraction of sp³-hybridized carbons (Fsp3) is 0.238. The summed E-state index contributed by atoms with van der Waals surface area (Å²) in [5, 5.41) is 4.08. The molecule has 0 saturated heterocycles. The zero-order chi connectivity index (χ0) is 18.1. The highest BCUT2D eigenvalue weighted by Gasteiger charge is 2.20. The Morgan fingerprint density at radius 1 is 1.15 bits per heavy atom. The van der Waals surface area contributed by atoms with Gasteiger partial charge in [0.05, 0.1) is 18.3 Å². The first-order valence-corrected chi connectivity index (χ1v) is 9.51. The van der Waals surface area contributed by atoms with E-state index in [-0.39, 0.29) is 5.91 Å². The van der Waals surface area contributed by atoms with E-state index in [1.807, 2.05) is 42.5 Å². The van der Waals surface area contributed by atoms with Crippen LogP contribution in [0, 0.1) is 0 Å². The molecule has 0 unspecified atom stereocenters. The number of fused-ring (bicyclic) bond motifs is 2. The number of amides is 1. The van der Waals surface area contributed by atoms with Crippen LogP contribution in [0.25, 0.3) is 10.9 Å². The Morgan fingerprint density at radius 2 is 2.00 bits per heavy atom. The summed E-state index contributed by atoms with van der Waals surface area (Å²) in [7, 11) is 1.65. The summed E-state index contributed by atoms with van der Waals surface area (Å²) >= 11 is 3.43. The number of halogens is 1. The lowest BCUT2D eigenvalue weighted by Crippen LogP contribution is -2.17. The molecule has 0 saturated carbocycles. The van der Waals surface area contributed by atoms with E-state index in [9.17, 15) is 4.79 Å². The smallest absolute Gasteiger partial charge is 0.255 e. The van der Waals surface area contributed by atoms with Crippen molar-refractivity contribution in [3.63, 3.8) is 0 Å². The summed E-state index contributed by atoms with van der Waals surface area (Å²) in [6, 6.07) is 13.2. The third kappa shape index (κ3) is 3.19. The number of anilines is 1. The Hall–Kier alpha value is -2.40. The number of carbonyl (C=O) groups is 1. The van der Waals surface area contributed by atoms with Crippen LogP contribution in [-0.4, -0.2) is 18.0 Å². The molecule has 4 nitrogen and oxygen atoms in total. The lowest BCUT2D eigenvalue weighted by Gasteiger charge is -2.21. The summed E-state index contributed by atoms with van der Waals surface area (Å²) in [4.78, 5) is 17.7. The highest BCUT2D eigenvalue weighted by Crippen LogP contribution is 2.35. The fourth-order valence-corrected chi connectivity index (χ4v) is 3.89. The second kappa shape index (κ2) is 7.08. The number of aromatic nitrogens is 1. The molecule has 4 rings (SSSR count). The normalized spacial score (nSPS) is 13.3. The second-order valence-corrected chi connectivity index (χ2v) is 7.38. The molecule has 0 aliphatic heterocycles. The zero-order valence-corrected chi connectivity index (χ0v) is 16.1. The van der Waals surface area contributed by atoms with Crippen LogP contribution in [0.2, 0.25) is 0 Å². The van der Waals surface area contributed by atoms with E-state index in [1.54, 1.807) is 7.11 Å². The molecule has 0 atom stereocenters. The van der Waals surface area contributed by atoms with Crippen LogP contribution in [-0.2, 0) is 12.8 Å². The van der Waals surface area contributed by atoms with Gasteiger partial charge in [-0.3, -0.25) is 9.78 Å². The number of ether oxygens (including phenoxy) is 1. The molecule has 5 heteroatoms. The van der Waals surface area contributed by atoms with Gasteiger partial charge in [-0.2, -0.15) is 0 Å². The molecule has 1 heterocycles.